The van der Waals surface area contributed by atoms with E-state index in [1.54, 1.807) is 48.5 Å². The molecule has 4 fully saturated rings. The highest BCUT2D eigenvalue weighted by Gasteiger charge is 2.42. The van der Waals surface area contributed by atoms with Gasteiger partial charge in [0.15, 0.2) is 0 Å². The highest BCUT2D eigenvalue weighted by molar-refractivity contribution is 6.00. The molecule has 3 aromatic heterocycles. The van der Waals surface area contributed by atoms with Crippen molar-refractivity contribution in [2.75, 3.05) is 26.4 Å². The van der Waals surface area contributed by atoms with E-state index in [4.69, 9.17) is 47.9 Å². The molecule has 0 saturated carbocycles. The Morgan fingerprint density at radius 1 is 0.284 bits per heavy atom. The van der Waals surface area contributed by atoms with E-state index in [1.165, 1.54) is 0 Å². The second-order valence-corrected chi connectivity index (χ2v) is 22.1. The summed E-state index contributed by atoms with van der Waals surface area (Å²) in [4.78, 5) is 18.1. The van der Waals surface area contributed by atoms with Crippen LogP contribution in [0.2, 0.25) is 0 Å². The lowest BCUT2D eigenvalue weighted by Crippen LogP contribution is -2.54. The normalized spacial score (nSPS) is 29.6. The number of aromatic nitrogens is 4. The maximum Gasteiger partial charge on any atom is 0.228 e. The summed E-state index contributed by atoms with van der Waals surface area (Å²) in [6, 6.07) is 35.6. The molecule has 0 amide bonds. The molecule has 4 saturated heterocycles. The molecular formula is C64H62N4O20. The van der Waals surface area contributed by atoms with Crippen molar-refractivity contribution in [3.63, 3.8) is 0 Å². The first-order chi connectivity index (χ1) is 42.5. The predicted molar refractivity (Wildman–Crippen MR) is 314 cm³/mol. The van der Waals surface area contributed by atoms with Crippen LogP contribution in [-0.4, -0.2) is 206 Å². The standard InChI is InChI=1S/C64H62N4O20/c69-45-25-81-61(57(77)53(45)73)85-33-9-1-29(2-10-33)49-37-17-19-39(65-37)50(30-3-11-34(12-4-30)86-62-58(78)54(74)46(70)26-82-62)41-21-23-43(67-41)52(32-7-15-36(16-8-32)88-64-60(80)56(76)48(72)28-84-64)44-24-22-42(68-44)51(40-20-18-38(49)66-40)31-5-13-35(14-6-31)87-63-59(79)55(75)47(71)27-83-63/h1-24,45-48,53-65,68-80H,25-28H2/t45-,46-,47-,48-,53-,54-,55-,56-,57+,58+,59+,60+,61+,62+,63+,64+/m1/s1. The van der Waals surface area contributed by atoms with Gasteiger partial charge >= 0.3 is 0 Å². The summed E-state index contributed by atoms with van der Waals surface area (Å²) in [5, 5.41) is 125. The first-order valence-electron chi connectivity index (χ1n) is 28.4. The zero-order valence-electron chi connectivity index (χ0n) is 46.4. The fraction of sp³-hybridized carbons (Fsp3) is 0.312. The monoisotopic (exact) mass is 1210 g/mol. The zero-order valence-corrected chi connectivity index (χ0v) is 46.4. The van der Waals surface area contributed by atoms with Gasteiger partial charge in [0.05, 0.1) is 49.2 Å². The molecule has 458 valence electrons. The van der Waals surface area contributed by atoms with Crippen LogP contribution in [0.25, 0.3) is 90.9 Å². The lowest BCUT2D eigenvalue weighted by molar-refractivity contribution is -0.242. The van der Waals surface area contributed by atoms with E-state index in [0.29, 0.717) is 112 Å². The van der Waals surface area contributed by atoms with Crippen LogP contribution in [0, 0.1) is 0 Å². The quantitative estimate of drug-likeness (QED) is 0.0836. The van der Waals surface area contributed by atoms with Gasteiger partial charge in [0.2, 0.25) is 25.2 Å². The minimum atomic E-state index is -1.53. The van der Waals surface area contributed by atoms with Gasteiger partial charge in [-0.2, -0.15) is 0 Å². The molecule has 6 aliphatic heterocycles. The number of ether oxygens (including phenoxy) is 8. The summed E-state index contributed by atoms with van der Waals surface area (Å²) in [7, 11) is 0. The van der Waals surface area contributed by atoms with Crippen LogP contribution in [0.1, 0.15) is 22.8 Å². The van der Waals surface area contributed by atoms with Crippen molar-refractivity contribution in [2.45, 2.75) is 98.4 Å². The van der Waals surface area contributed by atoms with E-state index in [1.807, 2.05) is 97.1 Å². The number of H-pyrrole nitrogens is 2. The van der Waals surface area contributed by atoms with Gasteiger partial charge in [0.1, 0.15) is 96.2 Å². The highest BCUT2D eigenvalue weighted by atomic mass is 16.7. The van der Waals surface area contributed by atoms with E-state index >= 15 is 0 Å². The van der Waals surface area contributed by atoms with Gasteiger partial charge in [-0.25, -0.2) is 9.97 Å². The second kappa shape index (κ2) is 24.5. The maximum atomic E-state index is 10.7. The fourth-order valence-corrected chi connectivity index (χ4v) is 11.3. The molecule has 88 heavy (non-hydrogen) atoms. The number of aliphatic hydroxyl groups excluding tert-OH is 12. The Morgan fingerprint density at radius 2 is 0.489 bits per heavy atom. The van der Waals surface area contributed by atoms with Crippen LogP contribution in [0.3, 0.4) is 0 Å². The second-order valence-electron chi connectivity index (χ2n) is 22.1. The molecule has 8 bridgehead atoms. The molecule has 9 heterocycles. The number of rotatable bonds is 12. The summed E-state index contributed by atoms with van der Waals surface area (Å²) >= 11 is 0. The van der Waals surface area contributed by atoms with Gasteiger partial charge in [0.25, 0.3) is 0 Å². The Hall–Kier alpha value is -7.96. The smallest absolute Gasteiger partial charge is 0.228 e. The van der Waals surface area contributed by atoms with Crippen molar-refractivity contribution in [3.05, 3.63) is 144 Å². The first-order valence-corrected chi connectivity index (χ1v) is 28.4. The molecule has 0 unspecified atom stereocenters. The third-order valence-electron chi connectivity index (χ3n) is 16.2. The summed E-state index contributed by atoms with van der Waals surface area (Å²) in [6.45, 7) is -1.00. The lowest BCUT2D eigenvalue weighted by atomic mass is 10.0. The topological polar surface area (TPSA) is 374 Å². The molecule has 0 aliphatic carbocycles. The zero-order chi connectivity index (χ0) is 61.1. The average molecular weight is 1210 g/mol. The molecule has 0 spiro atoms. The van der Waals surface area contributed by atoms with Crippen LogP contribution in [-0.2, 0) is 18.9 Å². The summed E-state index contributed by atoms with van der Waals surface area (Å²) in [5.74, 6) is 1.20. The van der Waals surface area contributed by atoms with Crippen LogP contribution < -0.4 is 18.9 Å². The number of hydrogen-bond acceptors (Lipinski definition) is 22. The van der Waals surface area contributed by atoms with Crippen molar-refractivity contribution in [1.82, 2.24) is 19.9 Å². The van der Waals surface area contributed by atoms with Crippen LogP contribution in [0.15, 0.2) is 121 Å². The van der Waals surface area contributed by atoms with Crippen molar-refractivity contribution < 1.29 is 99.2 Å². The van der Waals surface area contributed by atoms with E-state index in [2.05, 4.69) is 9.97 Å². The van der Waals surface area contributed by atoms with Gasteiger partial charge in [0, 0.05) is 44.3 Å². The molecule has 4 aromatic carbocycles. The predicted octanol–water partition coefficient (Wildman–Crippen LogP) is 2.59. The van der Waals surface area contributed by atoms with Crippen LogP contribution >= 0.6 is 0 Å². The molecular weight excluding hydrogens is 1140 g/mol. The number of fused-ring (bicyclic) bond motifs is 8. The number of nitrogens with one attached hydrogen (secondary N) is 2. The van der Waals surface area contributed by atoms with E-state index in [9.17, 15) is 61.3 Å². The largest absolute Gasteiger partial charge is 0.462 e. The maximum absolute atomic E-state index is 10.7. The summed E-state index contributed by atoms with van der Waals surface area (Å²) < 4.78 is 46.1. The Balaban J connectivity index is 0.985. The average Bonchev–Trinajstić information content (AvgIpc) is 2.07. The van der Waals surface area contributed by atoms with Gasteiger partial charge in [-0.3, -0.25) is 0 Å². The minimum absolute atomic E-state index is 0.251. The van der Waals surface area contributed by atoms with Gasteiger partial charge in [-0.1, -0.05) is 48.5 Å². The van der Waals surface area contributed by atoms with Crippen molar-refractivity contribution in [1.29, 1.82) is 0 Å². The Morgan fingerprint density at radius 3 is 0.693 bits per heavy atom. The summed E-state index contributed by atoms with van der Waals surface area (Å²) in [6.07, 6.45) is -14.7. The minimum Gasteiger partial charge on any atom is -0.462 e. The Bertz CT molecular complexity index is 3400. The molecule has 14 N–H and O–H groups in total. The van der Waals surface area contributed by atoms with Crippen LogP contribution in [0.4, 0.5) is 0 Å². The highest BCUT2D eigenvalue weighted by Crippen LogP contribution is 2.41. The van der Waals surface area contributed by atoms with Gasteiger partial charge < -0.3 is 109 Å². The summed E-state index contributed by atoms with van der Waals surface area (Å²) in [5.41, 5.74) is 9.95. The number of hydrogen-bond donors (Lipinski definition) is 14. The van der Waals surface area contributed by atoms with Crippen molar-refractivity contribution in [3.8, 4) is 67.5 Å². The fourth-order valence-electron chi connectivity index (χ4n) is 11.3. The molecule has 24 heteroatoms. The lowest BCUT2D eigenvalue weighted by Gasteiger charge is -2.34. The molecule has 7 aromatic rings. The number of nitrogens with zero attached hydrogens (tertiary/aromatic N) is 2. The van der Waals surface area contributed by atoms with E-state index in [0.717, 1.165) is 0 Å². The third kappa shape index (κ3) is 11.6. The molecule has 0 radical (unpaired) electrons. The van der Waals surface area contributed by atoms with Crippen molar-refractivity contribution >= 4 is 46.4 Å². The number of aliphatic hydroxyl groups is 12. The molecule has 16 atom stereocenters. The van der Waals surface area contributed by atoms with Crippen LogP contribution in [0.5, 0.6) is 23.0 Å². The third-order valence-corrected chi connectivity index (χ3v) is 16.2. The number of benzene rings is 4. The van der Waals surface area contributed by atoms with Crippen molar-refractivity contribution in [2.24, 2.45) is 0 Å². The molecule has 6 aliphatic rings. The van der Waals surface area contributed by atoms with Gasteiger partial charge in [-0.15, -0.1) is 0 Å². The molecule has 13 rings (SSSR count). The van der Waals surface area contributed by atoms with Gasteiger partial charge in [-0.05, 0) is 119 Å². The SMILES string of the molecule is O[C@@H]1[C@H](Oc2ccc(-c3c4nc(c(-c5ccc(O[C@@H]6OC[C@@H](O)[C@@H](O)[C@@H]6O)cc5)c5ccc([nH]5)c(-c5ccc(O[C@@H]6OC[C@@H](O)[C@@H](O)[C@@H]6O)cc5)c5nc(c(-c6ccc(O[C@@H]7OC[C@@H](O)[C@@H](O)[C@@H]7O)cc6)c6ccc3[nH]6)C=C5)C=C4)cc2)OC[C@@H](O)[C@H]1O. The Labute approximate surface area is 500 Å². The first kappa shape index (κ1) is 59.0. The molecule has 24 nitrogen and oxygen atoms in total. The van der Waals surface area contributed by atoms with E-state index < -0.39 is 98.4 Å². The number of aromatic amines is 2. The van der Waals surface area contributed by atoms with E-state index in [-0.39, 0.29) is 26.4 Å². The Kier molecular flexibility index (Phi) is 16.5.